The Morgan fingerprint density at radius 2 is 2.30 bits per heavy atom. The monoisotopic (exact) mass is 280 g/mol. The van der Waals surface area contributed by atoms with Gasteiger partial charge in [0.2, 0.25) is 0 Å². The topological polar surface area (TPSA) is 56.3 Å². The summed E-state index contributed by atoms with van der Waals surface area (Å²) in [7, 11) is 1.98. The highest BCUT2D eigenvalue weighted by Crippen LogP contribution is 2.27. The van der Waals surface area contributed by atoms with Gasteiger partial charge in [0, 0.05) is 38.5 Å². The van der Waals surface area contributed by atoms with Gasteiger partial charge < -0.3 is 10.5 Å². The van der Waals surface area contributed by atoms with Crippen LogP contribution in [-0.2, 0) is 18.2 Å². The molecule has 0 amide bonds. The van der Waals surface area contributed by atoms with Crippen LogP contribution in [0, 0.1) is 0 Å². The molecule has 2 unspecified atom stereocenters. The summed E-state index contributed by atoms with van der Waals surface area (Å²) in [6.45, 7) is 7.72. The number of aromatic nitrogens is 2. The van der Waals surface area contributed by atoms with E-state index < -0.39 is 0 Å². The van der Waals surface area contributed by atoms with Crippen LogP contribution in [0.5, 0.6) is 0 Å². The zero-order valence-electron chi connectivity index (χ0n) is 13.0. The lowest BCUT2D eigenvalue weighted by molar-refractivity contribution is -0.00670. The molecule has 1 aliphatic heterocycles. The van der Waals surface area contributed by atoms with E-state index in [4.69, 9.17) is 10.5 Å². The maximum atomic E-state index is 6.07. The van der Waals surface area contributed by atoms with Crippen LogP contribution in [0.4, 0.5) is 0 Å². The van der Waals surface area contributed by atoms with Crippen LogP contribution in [-0.4, -0.2) is 47.0 Å². The number of aryl methyl sites for hydroxylation is 2. The number of hydrogen-bond acceptors (Lipinski definition) is 4. The molecule has 0 aliphatic carbocycles. The standard InChI is InChI=1S/C15H28N4O/c1-4-14-13(11-18(3)17-14)15(9-16)19-8-6-7-12(10-19)20-5-2/h11-12,15H,4-10,16H2,1-3H3. The Hall–Kier alpha value is -0.910. The zero-order chi connectivity index (χ0) is 14.5. The van der Waals surface area contributed by atoms with Crippen molar-refractivity contribution in [3.63, 3.8) is 0 Å². The summed E-state index contributed by atoms with van der Waals surface area (Å²) in [6.07, 6.45) is 5.78. The van der Waals surface area contributed by atoms with Crippen molar-refractivity contribution in [1.82, 2.24) is 14.7 Å². The second kappa shape index (κ2) is 7.20. The largest absolute Gasteiger partial charge is 0.377 e. The van der Waals surface area contributed by atoms with E-state index in [9.17, 15) is 0 Å². The van der Waals surface area contributed by atoms with Crippen molar-refractivity contribution >= 4 is 0 Å². The molecule has 2 N–H and O–H groups in total. The number of nitrogens with two attached hydrogens (primary N) is 1. The molecule has 5 heteroatoms. The third-order valence-electron chi connectivity index (χ3n) is 4.11. The van der Waals surface area contributed by atoms with E-state index in [1.165, 1.54) is 17.7 Å². The van der Waals surface area contributed by atoms with Crippen LogP contribution in [0.15, 0.2) is 6.20 Å². The van der Waals surface area contributed by atoms with Crippen molar-refractivity contribution in [3.8, 4) is 0 Å². The fourth-order valence-corrected chi connectivity index (χ4v) is 3.20. The fourth-order valence-electron chi connectivity index (χ4n) is 3.20. The lowest BCUT2D eigenvalue weighted by atomic mass is 10.00. The molecule has 114 valence electrons. The first kappa shape index (κ1) is 15.5. The molecular formula is C15H28N4O. The smallest absolute Gasteiger partial charge is 0.0702 e. The van der Waals surface area contributed by atoms with E-state index in [1.807, 2.05) is 11.7 Å². The Labute approximate surface area is 122 Å². The molecule has 1 aromatic heterocycles. The van der Waals surface area contributed by atoms with Crippen molar-refractivity contribution in [2.45, 2.75) is 45.3 Å². The Bertz CT molecular complexity index is 416. The van der Waals surface area contributed by atoms with Gasteiger partial charge in [-0.05, 0) is 32.7 Å². The van der Waals surface area contributed by atoms with Gasteiger partial charge in [0.25, 0.3) is 0 Å². The second-order valence-electron chi connectivity index (χ2n) is 5.52. The number of hydrogen-bond donors (Lipinski definition) is 1. The van der Waals surface area contributed by atoms with Gasteiger partial charge in [-0.15, -0.1) is 0 Å². The molecule has 1 fully saturated rings. The van der Waals surface area contributed by atoms with E-state index in [0.29, 0.717) is 12.6 Å². The van der Waals surface area contributed by atoms with Gasteiger partial charge >= 0.3 is 0 Å². The van der Waals surface area contributed by atoms with Gasteiger partial charge in [0.15, 0.2) is 0 Å². The molecule has 20 heavy (non-hydrogen) atoms. The van der Waals surface area contributed by atoms with E-state index in [2.05, 4.69) is 30.0 Å². The van der Waals surface area contributed by atoms with E-state index in [1.54, 1.807) is 0 Å². The molecule has 1 aliphatic rings. The van der Waals surface area contributed by atoms with E-state index in [-0.39, 0.29) is 6.04 Å². The van der Waals surface area contributed by atoms with Gasteiger partial charge in [-0.1, -0.05) is 6.92 Å². The molecule has 0 radical (unpaired) electrons. The molecule has 0 spiro atoms. The zero-order valence-corrected chi connectivity index (χ0v) is 13.0. The number of likely N-dealkylation sites (tertiary alicyclic amines) is 1. The van der Waals surface area contributed by atoms with Gasteiger partial charge in [-0.2, -0.15) is 5.10 Å². The molecular weight excluding hydrogens is 252 g/mol. The van der Waals surface area contributed by atoms with Gasteiger partial charge in [0.1, 0.15) is 0 Å². The van der Waals surface area contributed by atoms with Gasteiger partial charge in [-0.3, -0.25) is 9.58 Å². The minimum absolute atomic E-state index is 0.266. The fraction of sp³-hybridized carbons (Fsp3) is 0.800. The van der Waals surface area contributed by atoms with Crippen LogP contribution < -0.4 is 5.73 Å². The Morgan fingerprint density at radius 3 is 2.95 bits per heavy atom. The highest BCUT2D eigenvalue weighted by molar-refractivity contribution is 5.22. The Morgan fingerprint density at radius 1 is 1.50 bits per heavy atom. The summed E-state index contributed by atoms with van der Waals surface area (Å²) in [5.74, 6) is 0. The number of rotatable bonds is 6. The van der Waals surface area contributed by atoms with Crippen LogP contribution in [0.25, 0.3) is 0 Å². The number of piperidine rings is 1. The molecule has 0 bridgehead atoms. The lowest BCUT2D eigenvalue weighted by Gasteiger charge is -2.37. The highest BCUT2D eigenvalue weighted by atomic mass is 16.5. The summed E-state index contributed by atoms with van der Waals surface area (Å²) in [5, 5.41) is 4.55. The minimum atomic E-state index is 0.266. The van der Waals surface area contributed by atoms with Crippen LogP contribution in [0.2, 0.25) is 0 Å². The molecule has 5 nitrogen and oxygen atoms in total. The third kappa shape index (κ3) is 3.40. The maximum absolute atomic E-state index is 6.07. The van der Waals surface area contributed by atoms with Gasteiger partial charge in [-0.25, -0.2) is 0 Å². The molecule has 2 heterocycles. The van der Waals surface area contributed by atoms with E-state index >= 15 is 0 Å². The van der Waals surface area contributed by atoms with Crippen LogP contribution >= 0.6 is 0 Å². The average molecular weight is 280 g/mol. The van der Waals surface area contributed by atoms with Crippen molar-refractivity contribution in [2.75, 3.05) is 26.2 Å². The molecule has 0 saturated carbocycles. The first-order valence-electron chi connectivity index (χ1n) is 7.77. The van der Waals surface area contributed by atoms with E-state index in [0.717, 1.165) is 32.5 Å². The van der Waals surface area contributed by atoms with Gasteiger partial charge in [0.05, 0.1) is 17.8 Å². The SMILES string of the molecule is CCOC1CCCN(C(CN)c2cn(C)nc2CC)C1. The third-order valence-corrected chi connectivity index (χ3v) is 4.11. The summed E-state index contributed by atoms with van der Waals surface area (Å²) < 4.78 is 7.71. The first-order valence-corrected chi connectivity index (χ1v) is 7.77. The predicted octanol–water partition coefficient (Wildman–Crippen LogP) is 1.48. The van der Waals surface area contributed by atoms with Crippen LogP contribution in [0.1, 0.15) is 44.0 Å². The first-order chi connectivity index (χ1) is 9.69. The summed E-state index contributed by atoms with van der Waals surface area (Å²) in [6, 6.07) is 0.266. The lowest BCUT2D eigenvalue weighted by Crippen LogP contribution is -2.44. The predicted molar refractivity (Wildman–Crippen MR) is 80.6 cm³/mol. The normalized spacial score (nSPS) is 22.1. The maximum Gasteiger partial charge on any atom is 0.0702 e. The Balaban J connectivity index is 2.14. The van der Waals surface area contributed by atoms with Crippen molar-refractivity contribution in [3.05, 3.63) is 17.5 Å². The molecule has 2 rings (SSSR count). The quantitative estimate of drug-likeness (QED) is 0.857. The summed E-state index contributed by atoms with van der Waals surface area (Å²) >= 11 is 0. The molecule has 0 aromatic carbocycles. The molecule has 1 aromatic rings. The minimum Gasteiger partial charge on any atom is -0.377 e. The number of nitrogens with zero attached hydrogens (tertiary/aromatic N) is 3. The van der Waals surface area contributed by atoms with Crippen molar-refractivity contribution < 1.29 is 4.74 Å². The number of ether oxygens (including phenoxy) is 1. The van der Waals surface area contributed by atoms with Crippen molar-refractivity contribution in [1.29, 1.82) is 0 Å². The summed E-state index contributed by atoms with van der Waals surface area (Å²) in [5.41, 5.74) is 8.52. The average Bonchev–Trinajstić information content (AvgIpc) is 2.82. The molecule has 1 saturated heterocycles. The molecule has 2 atom stereocenters. The van der Waals surface area contributed by atoms with Crippen molar-refractivity contribution in [2.24, 2.45) is 12.8 Å². The summed E-state index contributed by atoms with van der Waals surface area (Å²) in [4.78, 5) is 2.47. The highest BCUT2D eigenvalue weighted by Gasteiger charge is 2.28. The second-order valence-corrected chi connectivity index (χ2v) is 5.52. The Kier molecular flexibility index (Phi) is 5.57. The van der Waals surface area contributed by atoms with Crippen LogP contribution in [0.3, 0.4) is 0 Å².